The summed E-state index contributed by atoms with van der Waals surface area (Å²) in [5, 5.41) is 3.40. The molecular formula is C24H28ClF2N3O4S. The number of hydrogen-bond acceptors (Lipinski definition) is 4. The van der Waals surface area contributed by atoms with Gasteiger partial charge in [-0.2, -0.15) is 0 Å². The van der Waals surface area contributed by atoms with E-state index in [-0.39, 0.29) is 24.2 Å². The van der Waals surface area contributed by atoms with Crippen LogP contribution < -0.4 is 9.62 Å². The molecule has 1 N–H and O–H groups in total. The molecular weight excluding hydrogens is 500 g/mol. The molecule has 3 rings (SSSR count). The molecule has 1 saturated carbocycles. The Morgan fingerprint density at radius 3 is 2.40 bits per heavy atom. The van der Waals surface area contributed by atoms with Crippen molar-refractivity contribution in [1.82, 2.24) is 10.2 Å². The zero-order valence-electron chi connectivity index (χ0n) is 19.5. The average Bonchev–Trinajstić information content (AvgIpc) is 3.29. The van der Waals surface area contributed by atoms with E-state index in [0.717, 1.165) is 44.1 Å². The Morgan fingerprint density at radius 1 is 1.11 bits per heavy atom. The van der Waals surface area contributed by atoms with Crippen molar-refractivity contribution in [2.45, 2.75) is 51.2 Å². The quantitative estimate of drug-likeness (QED) is 0.536. The number of sulfonamides is 1. The van der Waals surface area contributed by atoms with Crippen LogP contribution in [0.1, 0.15) is 38.2 Å². The zero-order valence-corrected chi connectivity index (χ0v) is 21.1. The van der Waals surface area contributed by atoms with Crippen LogP contribution in [0.5, 0.6) is 0 Å². The van der Waals surface area contributed by atoms with Crippen LogP contribution in [0.2, 0.25) is 5.02 Å². The summed E-state index contributed by atoms with van der Waals surface area (Å²) in [6, 6.07) is 8.43. The van der Waals surface area contributed by atoms with E-state index in [0.29, 0.717) is 21.0 Å². The SMILES string of the molecule is C[C@@H](C(=O)NC1CCCC1)N(Cc1cccc(Cl)c1)C(=O)CN(c1ccc(F)c(F)c1)S(C)(=O)=O. The molecule has 0 aliphatic heterocycles. The van der Waals surface area contributed by atoms with Gasteiger partial charge < -0.3 is 10.2 Å². The molecule has 1 atom stereocenters. The van der Waals surface area contributed by atoms with E-state index in [4.69, 9.17) is 11.6 Å². The molecule has 11 heteroatoms. The van der Waals surface area contributed by atoms with Gasteiger partial charge in [0.25, 0.3) is 0 Å². The monoisotopic (exact) mass is 527 g/mol. The normalized spacial score (nSPS) is 15.0. The lowest BCUT2D eigenvalue weighted by Gasteiger charge is -2.32. The first kappa shape index (κ1) is 26.9. The average molecular weight is 528 g/mol. The first-order valence-electron chi connectivity index (χ1n) is 11.2. The number of hydrogen-bond donors (Lipinski definition) is 1. The first-order valence-corrected chi connectivity index (χ1v) is 13.5. The Balaban J connectivity index is 1.89. The lowest BCUT2D eigenvalue weighted by atomic mass is 10.1. The van der Waals surface area contributed by atoms with Gasteiger partial charge in [0.2, 0.25) is 21.8 Å². The first-order chi connectivity index (χ1) is 16.5. The lowest BCUT2D eigenvalue weighted by molar-refractivity contribution is -0.139. The Labute approximate surface area is 209 Å². The Morgan fingerprint density at radius 2 is 1.80 bits per heavy atom. The molecule has 0 bridgehead atoms. The van der Waals surface area contributed by atoms with Crippen molar-refractivity contribution >= 4 is 39.1 Å². The van der Waals surface area contributed by atoms with Crippen molar-refractivity contribution in [3.05, 3.63) is 64.7 Å². The third-order valence-corrected chi connectivity index (χ3v) is 7.36. The Bertz CT molecular complexity index is 1190. The topological polar surface area (TPSA) is 86.8 Å². The van der Waals surface area contributed by atoms with E-state index in [1.165, 1.54) is 4.90 Å². The minimum absolute atomic E-state index is 0.00593. The minimum atomic E-state index is -4.05. The van der Waals surface area contributed by atoms with Crippen LogP contribution in [0, 0.1) is 11.6 Å². The number of carbonyl (C=O) groups is 2. The van der Waals surface area contributed by atoms with Crippen LogP contribution in [-0.2, 0) is 26.2 Å². The van der Waals surface area contributed by atoms with Gasteiger partial charge in [0.05, 0.1) is 11.9 Å². The second kappa shape index (κ2) is 11.3. The fraction of sp³-hybridized carbons (Fsp3) is 0.417. The minimum Gasteiger partial charge on any atom is -0.352 e. The number of carbonyl (C=O) groups excluding carboxylic acids is 2. The molecule has 0 saturated heterocycles. The zero-order chi connectivity index (χ0) is 25.8. The maximum Gasteiger partial charge on any atom is 0.244 e. The maximum atomic E-state index is 13.8. The Hall–Kier alpha value is -2.72. The summed E-state index contributed by atoms with van der Waals surface area (Å²) in [5.41, 5.74) is 0.440. The van der Waals surface area contributed by atoms with E-state index < -0.39 is 40.2 Å². The van der Waals surface area contributed by atoms with Gasteiger partial charge in [0, 0.05) is 23.7 Å². The fourth-order valence-corrected chi connectivity index (χ4v) is 5.11. The highest BCUT2D eigenvalue weighted by Gasteiger charge is 2.31. The number of anilines is 1. The van der Waals surface area contributed by atoms with Gasteiger partial charge in [0.15, 0.2) is 11.6 Å². The molecule has 1 fully saturated rings. The predicted octanol–water partition coefficient (Wildman–Crippen LogP) is 3.86. The molecule has 0 unspecified atom stereocenters. The molecule has 2 aromatic rings. The number of nitrogens with one attached hydrogen (secondary N) is 1. The van der Waals surface area contributed by atoms with Crippen LogP contribution in [0.3, 0.4) is 0 Å². The number of rotatable bonds is 9. The van der Waals surface area contributed by atoms with Gasteiger partial charge in [-0.15, -0.1) is 0 Å². The van der Waals surface area contributed by atoms with Gasteiger partial charge in [-0.05, 0) is 49.6 Å². The van der Waals surface area contributed by atoms with Crippen molar-refractivity contribution < 1.29 is 26.8 Å². The largest absolute Gasteiger partial charge is 0.352 e. The van der Waals surface area contributed by atoms with Gasteiger partial charge in [-0.25, -0.2) is 17.2 Å². The predicted molar refractivity (Wildman–Crippen MR) is 130 cm³/mol. The number of nitrogens with zero attached hydrogens (tertiary/aromatic N) is 2. The van der Waals surface area contributed by atoms with Crippen molar-refractivity contribution in [2.24, 2.45) is 0 Å². The second-order valence-electron chi connectivity index (χ2n) is 8.69. The summed E-state index contributed by atoms with van der Waals surface area (Å²) in [5.74, 6) is -3.43. The molecule has 2 aromatic carbocycles. The van der Waals surface area contributed by atoms with Crippen LogP contribution in [0.15, 0.2) is 42.5 Å². The molecule has 0 aromatic heterocycles. The highest BCUT2D eigenvalue weighted by molar-refractivity contribution is 7.92. The van der Waals surface area contributed by atoms with E-state index in [2.05, 4.69) is 5.32 Å². The molecule has 2 amide bonds. The van der Waals surface area contributed by atoms with Gasteiger partial charge in [0.1, 0.15) is 12.6 Å². The number of amides is 2. The smallest absolute Gasteiger partial charge is 0.244 e. The van der Waals surface area contributed by atoms with Crippen LogP contribution in [0.25, 0.3) is 0 Å². The summed E-state index contributed by atoms with van der Waals surface area (Å²) in [4.78, 5) is 27.7. The molecule has 0 heterocycles. The van der Waals surface area contributed by atoms with E-state index in [9.17, 15) is 26.8 Å². The summed E-state index contributed by atoms with van der Waals surface area (Å²) in [6.45, 7) is 0.856. The second-order valence-corrected chi connectivity index (χ2v) is 11.0. The van der Waals surface area contributed by atoms with E-state index in [1.54, 1.807) is 31.2 Å². The number of benzene rings is 2. The van der Waals surface area contributed by atoms with Gasteiger partial charge in [-0.1, -0.05) is 36.6 Å². The van der Waals surface area contributed by atoms with Crippen LogP contribution >= 0.6 is 11.6 Å². The van der Waals surface area contributed by atoms with Crippen LogP contribution in [-0.4, -0.2) is 50.0 Å². The molecule has 35 heavy (non-hydrogen) atoms. The van der Waals surface area contributed by atoms with Crippen molar-refractivity contribution in [1.29, 1.82) is 0 Å². The van der Waals surface area contributed by atoms with Gasteiger partial charge in [-0.3, -0.25) is 13.9 Å². The summed E-state index contributed by atoms with van der Waals surface area (Å²) in [6.07, 6.45) is 4.61. The van der Waals surface area contributed by atoms with Gasteiger partial charge >= 0.3 is 0 Å². The third-order valence-electron chi connectivity index (χ3n) is 5.98. The molecule has 7 nitrogen and oxygen atoms in total. The van der Waals surface area contributed by atoms with Crippen molar-refractivity contribution in [3.63, 3.8) is 0 Å². The standard InChI is InChI=1S/C24H28ClF2N3O4S/c1-16(24(32)28-19-8-3-4-9-19)29(14-17-6-5-7-18(25)12-17)23(31)15-30(35(2,33)34)20-10-11-21(26)22(27)13-20/h5-7,10-13,16,19H,3-4,8-9,14-15H2,1-2H3,(H,28,32)/t16-/m0/s1. The van der Waals surface area contributed by atoms with Crippen LogP contribution in [0.4, 0.5) is 14.5 Å². The van der Waals surface area contributed by atoms with Crippen molar-refractivity contribution in [2.75, 3.05) is 17.1 Å². The fourth-order valence-electron chi connectivity index (χ4n) is 4.06. The molecule has 190 valence electrons. The highest BCUT2D eigenvalue weighted by atomic mass is 35.5. The maximum absolute atomic E-state index is 13.8. The summed E-state index contributed by atoms with van der Waals surface area (Å²) < 4.78 is 52.8. The van der Waals surface area contributed by atoms with Crippen molar-refractivity contribution in [3.8, 4) is 0 Å². The Kier molecular flexibility index (Phi) is 8.71. The third kappa shape index (κ3) is 7.14. The molecule has 0 spiro atoms. The number of halogens is 3. The summed E-state index contributed by atoms with van der Waals surface area (Å²) in [7, 11) is -4.05. The molecule has 0 radical (unpaired) electrons. The lowest BCUT2D eigenvalue weighted by Crippen LogP contribution is -2.52. The molecule has 1 aliphatic rings. The summed E-state index contributed by atoms with van der Waals surface area (Å²) >= 11 is 6.08. The highest BCUT2D eigenvalue weighted by Crippen LogP contribution is 2.23. The molecule has 1 aliphatic carbocycles. The van der Waals surface area contributed by atoms with E-state index >= 15 is 0 Å². The van der Waals surface area contributed by atoms with E-state index in [1.807, 2.05) is 0 Å².